The maximum atomic E-state index is 13.3. The molecule has 9 rings (SSSR count). The van der Waals surface area contributed by atoms with E-state index in [4.69, 9.17) is 14.2 Å². The summed E-state index contributed by atoms with van der Waals surface area (Å²) in [5.74, 6) is 1.12. The molecule has 0 spiro atoms. The molecule has 0 aliphatic carbocycles. The Bertz CT molecular complexity index is 2670. The molecule has 6 heterocycles. The number of anilines is 2. The average Bonchev–Trinajstić information content (AvgIpc) is 4.05. The average molecular weight is 982 g/mol. The first-order valence-electron chi connectivity index (χ1n) is 25.1. The van der Waals surface area contributed by atoms with Crippen molar-refractivity contribution in [2.75, 3.05) is 82.5 Å². The number of imide groups is 1. The molecular weight excluding hydrogens is 919 g/mol. The van der Waals surface area contributed by atoms with Crippen LogP contribution in [-0.4, -0.2) is 138 Å². The van der Waals surface area contributed by atoms with E-state index in [9.17, 15) is 24.0 Å². The van der Waals surface area contributed by atoms with Gasteiger partial charge in [-0.15, -0.1) is 10.2 Å². The number of piperidine rings is 2. The third-order valence-electron chi connectivity index (χ3n) is 13.7. The number of ether oxygens (including phenoxy) is 3. The van der Waals surface area contributed by atoms with E-state index in [-0.39, 0.29) is 36.7 Å². The Morgan fingerprint density at radius 1 is 0.806 bits per heavy atom. The number of aromatic nitrogens is 4. The molecule has 1 unspecified atom stereocenters. The summed E-state index contributed by atoms with van der Waals surface area (Å²) in [6, 6.07) is 24.2. The van der Waals surface area contributed by atoms with Gasteiger partial charge in [-0.05, 0) is 130 Å². The largest absolute Gasteiger partial charge is 0.494 e. The van der Waals surface area contributed by atoms with E-state index < -0.39 is 17.5 Å². The Morgan fingerprint density at radius 2 is 1.58 bits per heavy atom. The molecule has 19 nitrogen and oxygen atoms in total. The predicted molar refractivity (Wildman–Crippen MR) is 268 cm³/mol. The quantitative estimate of drug-likeness (QED) is 0.0474. The summed E-state index contributed by atoms with van der Waals surface area (Å²) in [5.41, 5.74) is 5.22. The third kappa shape index (κ3) is 12.4. The second kappa shape index (κ2) is 23.8. The molecular formula is C53H63N11O8. The molecule has 4 aliphatic heterocycles. The van der Waals surface area contributed by atoms with Crippen LogP contribution in [0, 0.1) is 0 Å². The van der Waals surface area contributed by atoms with Crippen molar-refractivity contribution >= 4 is 40.9 Å². The standard InChI is InChI=1S/C53H63N11O8/c65-46-15-14-45(50(68)57-46)64-35-40-33-42(10-13-44(40)51(64)69)62-24-26-63(27-25-62)47(66)36-71-30-5-29-70-28-2-1-3-31-72-43-11-8-37(9-12-43)34-56-49(67)39-6-4-7-41(32-39)59-53(18-22-55-23-19-53)52-58-48(60-61-52)38-16-20-54-21-17-38/h4,6-13,16-17,20-21,32-33,45,55,59H,1-3,5,14-15,18-19,22-31,34-36H2,(H,56,67)(H,57,65,68)(H,58,60,61). The summed E-state index contributed by atoms with van der Waals surface area (Å²) in [6.07, 6.45) is 9.10. The first kappa shape index (κ1) is 49.7. The molecule has 3 fully saturated rings. The van der Waals surface area contributed by atoms with Gasteiger partial charge in [0.15, 0.2) is 11.6 Å². The highest BCUT2D eigenvalue weighted by Gasteiger charge is 2.40. The lowest BCUT2D eigenvalue weighted by Gasteiger charge is -2.37. The molecule has 0 bridgehead atoms. The Hall–Kier alpha value is -7.22. The van der Waals surface area contributed by atoms with E-state index in [1.807, 2.05) is 83.8 Å². The van der Waals surface area contributed by atoms with Crippen LogP contribution in [0.4, 0.5) is 11.4 Å². The van der Waals surface area contributed by atoms with Gasteiger partial charge in [0.1, 0.15) is 18.4 Å². The lowest BCUT2D eigenvalue weighted by atomic mass is 9.87. The number of hydrogen-bond acceptors (Lipinski definition) is 14. The Kier molecular flexibility index (Phi) is 16.4. The summed E-state index contributed by atoms with van der Waals surface area (Å²) in [6.45, 7) is 7.10. The summed E-state index contributed by atoms with van der Waals surface area (Å²) in [7, 11) is 0. The number of piperazine rings is 1. The van der Waals surface area contributed by atoms with Crippen molar-refractivity contribution in [2.45, 2.75) is 76.0 Å². The number of nitrogens with one attached hydrogen (secondary N) is 5. The van der Waals surface area contributed by atoms with Crippen LogP contribution >= 0.6 is 0 Å². The minimum absolute atomic E-state index is 0.0338. The topological polar surface area (TPSA) is 225 Å². The van der Waals surface area contributed by atoms with Crippen LogP contribution in [-0.2, 0) is 42.5 Å². The normalized spacial score (nSPS) is 17.6. The minimum Gasteiger partial charge on any atom is -0.494 e. The van der Waals surface area contributed by atoms with Crippen molar-refractivity contribution in [2.24, 2.45) is 0 Å². The molecule has 5 aromatic rings. The molecule has 0 saturated carbocycles. The lowest BCUT2D eigenvalue weighted by molar-refractivity contribution is -0.137. The second-order valence-corrected chi connectivity index (χ2v) is 18.7. The van der Waals surface area contributed by atoms with Crippen LogP contribution in [0.25, 0.3) is 11.4 Å². The summed E-state index contributed by atoms with van der Waals surface area (Å²) < 4.78 is 17.4. The van der Waals surface area contributed by atoms with Crippen LogP contribution in [0.3, 0.4) is 0 Å². The van der Waals surface area contributed by atoms with Crippen molar-refractivity contribution in [3.63, 3.8) is 0 Å². The molecule has 3 aromatic carbocycles. The van der Waals surface area contributed by atoms with Gasteiger partial charge in [0.2, 0.25) is 17.7 Å². The monoisotopic (exact) mass is 981 g/mol. The molecule has 5 amide bonds. The van der Waals surface area contributed by atoms with E-state index in [0.29, 0.717) is 95.5 Å². The van der Waals surface area contributed by atoms with Gasteiger partial charge in [-0.2, -0.15) is 0 Å². The summed E-state index contributed by atoms with van der Waals surface area (Å²) >= 11 is 0. The number of H-pyrrole nitrogens is 1. The Balaban J connectivity index is 0.597. The van der Waals surface area contributed by atoms with Gasteiger partial charge in [-0.25, -0.2) is 0 Å². The maximum absolute atomic E-state index is 13.3. The summed E-state index contributed by atoms with van der Waals surface area (Å²) in [5, 5.41) is 21.5. The van der Waals surface area contributed by atoms with E-state index in [1.165, 1.54) is 0 Å². The third-order valence-corrected chi connectivity index (χ3v) is 13.7. The van der Waals surface area contributed by atoms with Gasteiger partial charge in [0.25, 0.3) is 11.8 Å². The molecule has 19 heteroatoms. The van der Waals surface area contributed by atoms with Gasteiger partial charge >= 0.3 is 0 Å². The number of benzene rings is 3. The van der Waals surface area contributed by atoms with Crippen LogP contribution < -0.4 is 30.9 Å². The number of hydrogen-bond donors (Lipinski definition) is 5. The molecule has 0 radical (unpaired) electrons. The van der Waals surface area contributed by atoms with Crippen molar-refractivity contribution < 1.29 is 38.2 Å². The summed E-state index contributed by atoms with van der Waals surface area (Å²) in [4.78, 5) is 76.4. The van der Waals surface area contributed by atoms with Gasteiger partial charge in [0, 0.05) is 106 Å². The molecule has 2 aromatic heterocycles. The zero-order valence-corrected chi connectivity index (χ0v) is 40.5. The van der Waals surface area contributed by atoms with Crippen molar-refractivity contribution in [3.8, 4) is 17.1 Å². The highest BCUT2D eigenvalue weighted by molar-refractivity contribution is 6.05. The number of rotatable bonds is 22. The maximum Gasteiger partial charge on any atom is 0.255 e. The van der Waals surface area contributed by atoms with Gasteiger partial charge < -0.3 is 49.8 Å². The number of amides is 5. The number of pyridine rings is 1. The number of fused-ring (bicyclic) bond motifs is 1. The first-order valence-corrected chi connectivity index (χ1v) is 25.1. The van der Waals surface area contributed by atoms with Crippen LogP contribution in [0.5, 0.6) is 5.75 Å². The number of unbranched alkanes of at least 4 members (excludes halogenated alkanes) is 2. The second-order valence-electron chi connectivity index (χ2n) is 18.7. The van der Waals surface area contributed by atoms with Crippen molar-refractivity contribution in [1.29, 1.82) is 0 Å². The van der Waals surface area contributed by atoms with E-state index in [2.05, 4.69) is 46.3 Å². The fraction of sp³-hybridized carbons (Fsp3) is 0.434. The van der Waals surface area contributed by atoms with Gasteiger partial charge in [0.05, 0.1) is 12.1 Å². The smallest absolute Gasteiger partial charge is 0.255 e. The van der Waals surface area contributed by atoms with Crippen LogP contribution in [0.2, 0.25) is 0 Å². The molecule has 1 atom stereocenters. The van der Waals surface area contributed by atoms with E-state index in [0.717, 1.165) is 84.8 Å². The fourth-order valence-electron chi connectivity index (χ4n) is 9.65. The molecule has 4 aliphatic rings. The van der Waals surface area contributed by atoms with Crippen molar-refractivity contribution in [1.82, 2.24) is 45.9 Å². The zero-order chi connectivity index (χ0) is 49.7. The molecule has 3 saturated heterocycles. The Labute approximate surface area is 418 Å². The first-order chi connectivity index (χ1) is 35.2. The van der Waals surface area contributed by atoms with E-state index >= 15 is 0 Å². The number of carbonyl (C=O) groups is 5. The molecule has 378 valence electrons. The lowest BCUT2D eigenvalue weighted by Crippen LogP contribution is -2.52. The number of nitrogens with zero attached hydrogens (tertiary/aromatic N) is 6. The molecule has 72 heavy (non-hydrogen) atoms. The fourth-order valence-corrected chi connectivity index (χ4v) is 9.65. The Morgan fingerprint density at radius 3 is 2.39 bits per heavy atom. The predicted octanol–water partition coefficient (Wildman–Crippen LogP) is 4.57. The zero-order valence-electron chi connectivity index (χ0n) is 40.5. The minimum atomic E-state index is -0.643. The van der Waals surface area contributed by atoms with Crippen molar-refractivity contribution in [3.05, 3.63) is 119 Å². The van der Waals surface area contributed by atoms with Crippen LogP contribution in [0.1, 0.15) is 89.0 Å². The molecule has 5 N–H and O–H groups in total. The van der Waals surface area contributed by atoms with Gasteiger partial charge in [-0.3, -0.25) is 34.3 Å². The highest BCUT2D eigenvalue weighted by Crippen LogP contribution is 2.35. The highest BCUT2D eigenvalue weighted by atomic mass is 16.5. The SMILES string of the molecule is O=C1CCC(N2Cc3cc(N4CCN(C(=O)COCCCOCCCCCOc5ccc(CNC(=O)c6cccc(NC7(c8nnc(-c9ccncc9)[nH]8)CCNCC7)c6)cc5)CC4)ccc3C2=O)C(=O)N1. The van der Waals surface area contributed by atoms with E-state index in [1.54, 1.807) is 17.3 Å². The number of carbonyl (C=O) groups excluding carboxylic acids is 5. The van der Waals surface area contributed by atoms with Crippen LogP contribution in [0.15, 0.2) is 91.3 Å². The number of aromatic amines is 1. The van der Waals surface area contributed by atoms with Gasteiger partial charge in [-0.1, -0.05) is 18.2 Å².